The topological polar surface area (TPSA) is 57.8 Å². The van der Waals surface area contributed by atoms with E-state index in [0.717, 1.165) is 0 Å². The summed E-state index contributed by atoms with van der Waals surface area (Å²) >= 11 is 3.65. The van der Waals surface area contributed by atoms with Crippen molar-refractivity contribution in [3.8, 4) is 0 Å². The molecule has 0 fully saturated rings. The monoisotopic (exact) mass is 347 g/mol. The van der Waals surface area contributed by atoms with E-state index in [1.807, 2.05) is 34.9 Å². The summed E-state index contributed by atoms with van der Waals surface area (Å²) in [6, 6.07) is 2.21. The maximum Gasteiger partial charge on any atom is 0.266 e. The van der Waals surface area contributed by atoms with Crippen LogP contribution in [0.25, 0.3) is 0 Å². The number of nitrogens with zero attached hydrogens (tertiary/aromatic N) is 1. The van der Waals surface area contributed by atoms with Crippen molar-refractivity contribution in [2.24, 2.45) is 0 Å². The van der Waals surface area contributed by atoms with E-state index in [0.29, 0.717) is 9.39 Å². The minimum absolute atomic E-state index is 0.115. The number of H-pyrrole nitrogens is 1. The molecule has 0 amide bonds. The zero-order valence-electron chi connectivity index (χ0n) is 8.53. The Hall–Kier alpha value is -0.890. The van der Waals surface area contributed by atoms with Crippen LogP contribution in [0.2, 0.25) is 0 Å². The smallest absolute Gasteiger partial charge is 0.266 e. The highest BCUT2D eigenvalue weighted by molar-refractivity contribution is 14.1. The molecule has 0 aliphatic rings. The number of rotatable bonds is 3. The van der Waals surface area contributed by atoms with E-state index < -0.39 is 0 Å². The first-order valence-corrected chi connectivity index (χ1v) is 6.72. The number of halogens is 1. The molecule has 1 unspecified atom stereocenters. The second-order valence-electron chi connectivity index (χ2n) is 3.32. The van der Waals surface area contributed by atoms with E-state index in [4.69, 9.17) is 0 Å². The Balaban J connectivity index is 2.21. The minimum atomic E-state index is -0.115. The standard InChI is InChI=1S/C10H10IN3OS/c1-6(7-2-3-16-4-7)14-9-8(11)10(15)13-5-12-9/h2-6H,1H3,(H2,12,13,14,15). The molecule has 0 aliphatic heterocycles. The van der Waals surface area contributed by atoms with Crippen molar-refractivity contribution in [1.29, 1.82) is 0 Å². The summed E-state index contributed by atoms with van der Waals surface area (Å²) in [7, 11) is 0. The molecule has 0 saturated heterocycles. The zero-order chi connectivity index (χ0) is 11.5. The predicted molar refractivity (Wildman–Crippen MR) is 73.9 cm³/mol. The van der Waals surface area contributed by atoms with Gasteiger partial charge in [0.05, 0.1) is 12.4 Å². The number of thiophene rings is 1. The van der Waals surface area contributed by atoms with Gasteiger partial charge in [0, 0.05) is 0 Å². The minimum Gasteiger partial charge on any atom is -0.362 e. The van der Waals surface area contributed by atoms with Crippen LogP contribution in [-0.4, -0.2) is 9.97 Å². The van der Waals surface area contributed by atoms with Crippen LogP contribution in [0.15, 0.2) is 27.9 Å². The average molecular weight is 347 g/mol. The van der Waals surface area contributed by atoms with Gasteiger partial charge in [0.15, 0.2) is 0 Å². The Morgan fingerprint density at radius 2 is 2.44 bits per heavy atom. The Morgan fingerprint density at radius 1 is 1.62 bits per heavy atom. The molecule has 2 heterocycles. The number of aromatic nitrogens is 2. The summed E-state index contributed by atoms with van der Waals surface area (Å²) < 4.78 is 0.585. The molecule has 6 heteroatoms. The molecule has 1 atom stereocenters. The van der Waals surface area contributed by atoms with E-state index in [1.165, 1.54) is 11.9 Å². The van der Waals surface area contributed by atoms with Crippen LogP contribution in [-0.2, 0) is 0 Å². The SMILES string of the molecule is CC(Nc1nc[nH]c(=O)c1I)c1ccsc1. The largest absolute Gasteiger partial charge is 0.362 e. The third kappa shape index (κ3) is 2.43. The Labute approximate surface area is 110 Å². The van der Waals surface area contributed by atoms with E-state index in [-0.39, 0.29) is 11.6 Å². The number of aromatic amines is 1. The van der Waals surface area contributed by atoms with Gasteiger partial charge in [0.25, 0.3) is 5.56 Å². The molecule has 2 aromatic rings. The van der Waals surface area contributed by atoms with Crippen LogP contribution in [0, 0.1) is 3.57 Å². The fraction of sp³-hybridized carbons (Fsp3) is 0.200. The second kappa shape index (κ2) is 4.96. The molecule has 2 aromatic heterocycles. The number of anilines is 1. The van der Waals surface area contributed by atoms with Crippen molar-refractivity contribution in [2.75, 3.05) is 5.32 Å². The third-order valence-electron chi connectivity index (χ3n) is 2.19. The Kier molecular flexibility index (Phi) is 3.59. The molecule has 4 nitrogen and oxygen atoms in total. The molecule has 16 heavy (non-hydrogen) atoms. The number of nitrogens with one attached hydrogen (secondary N) is 2. The van der Waals surface area contributed by atoms with Gasteiger partial charge in [-0.05, 0) is 51.9 Å². The van der Waals surface area contributed by atoms with Crippen molar-refractivity contribution in [3.63, 3.8) is 0 Å². The molecule has 0 aromatic carbocycles. The molecule has 0 bridgehead atoms. The maximum atomic E-state index is 11.4. The lowest BCUT2D eigenvalue weighted by atomic mass is 10.2. The Morgan fingerprint density at radius 3 is 3.12 bits per heavy atom. The van der Waals surface area contributed by atoms with Crippen molar-refractivity contribution in [3.05, 3.63) is 42.6 Å². The molecule has 2 N–H and O–H groups in total. The predicted octanol–water partition coefficient (Wildman–Crippen LogP) is 2.61. The normalized spacial score (nSPS) is 12.4. The zero-order valence-corrected chi connectivity index (χ0v) is 11.5. The van der Waals surface area contributed by atoms with Crippen LogP contribution < -0.4 is 10.9 Å². The molecule has 0 aliphatic carbocycles. The van der Waals surface area contributed by atoms with Crippen molar-refractivity contribution < 1.29 is 0 Å². The van der Waals surface area contributed by atoms with E-state index in [1.54, 1.807) is 11.3 Å². The van der Waals surface area contributed by atoms with E-state index in [2.05, 4.69) is 26.7 Å². The van der Waals surface area contributed by atoms with Gasteiger partial charge >= 0.3 is 0 Å². The summed E-state index contributed by atoms with van der Waals surface area (Å²) in [6.45, 7) is 2.04. The van der Waals surface area contributed by atoms with Gasteiger partial charge in [-0.2, -0.15) is 11.3 Å². The van der Waals surface area contributed by atoms with Gasteiger partial charge in [0.2, 0.25) is 0 Å². The third-order valence-corrected chi connectivity index (χ3v) is 3.90. The second-order valence-corrected chi connectivity index (χ2v) is 5.18. The molecule has 2 rings (SSSR count). The van der Waals surface area contributed by atoms with Crippen LogP contribution >= 0.6 is 33.9 Å². The number of hydrogen-bond acceptors (Lipinski definition) is 4. The summed E-state index contributed by atoms with van der Waals surface area (Å²) in [6.07, 6.45) is 1.41. The quantitative estimate of drug-likeness (QED) is 0.840. The van der Waals surface area contributed by atoms with Gasteiger partial charge < -0.3 is 10.3 Å². The first kappa shape index (κ1) is 11.6. The Bertz CT molecular complexity index is 523. The van der Waals surface area contributed by atoms with E-state index >= 15 is 0 Å². The highest BCUT2D eigenvalue weighted by Gasteiger charge is 2.10. The molecule has 84 valence electrons. The first-order chi connectivity index (χ1) is 7.68. The molecule has 0 spiro atoms. The van der Waals surface area contributed by atoms with Crippen LogP contribution in [0.5, 0.6) is 0 Å². The van der Waals surface area contributed by atoms with Crippen molar-refractivity contribution in [1.82, 2.24) is 9.97 Å². The summed E-state index contributed by atoms with van der Waals surface area (Å²) in [4.78, 5) is 18.0. The molecule has 0 radical (unpaired) electrons. The average Bonchev–Trinajstić information content (AvgIpc) is 2.78. The van der Waals surface area contributed by atoms with Crippen molar-refractivity contribution >= 4 is 39.7 Å². The van der Waals surface area contributed by atoms with Gasteiger partial charge in [-0.1, -0.05) is 0 Å². The summed E-state index contributed by atoms with van der Waals surface area (Å²) in [5, 5.41) is 7.33. The lowest BCUT2D eigenvalue weighted by Gasteiger charge is -2.13. The lowest BCUT2D eigenvalue weighted by Crippen LogP contribution is -2.16. The van der Waals surface area contributed by atoms with Crippen LogP contribution in [0.3, 0.4) is 0 Å². The molecule has 0 saturated carbocycles. The van der Waals surface area contributed by atoms with Gasteiger partial charge in [0.1, 0.15) is 9.39 Å². The highest BCUT2D eigenvalue weighted by atomic mass is 127. The number of hydrogen-bond donors (Lipinski definition) is 2. The molecular weight excluding hydrogens is 337 g/mol. The van der Waals surface area contributed by atoms with Gasteiger partial charge in [-0.3, -0.25) is 4.79 Å². The summed E-state index contributed by atoms with van der Waals surface area (Å²) in [5.74, 6) is 0.628. The highest BCUT2D eigenvalue weighted by Crippen LogP contribution is 2.21. The van der Waals surface area contributed by atoms with Crippen molar-refractivity contribution in [2.45, 2.75) is 13.0 Å². The van der Waals surface area contributed by atoms with E-state index in [9.17, 15) is 4.79 Å². The van der Waals surface area contributed by atoms with Crippen LogP contribution in [0.1, 0.15) is 18.5 Å². The van der Waals surface area contributed by atoms with Gasteiger partial charge in [-0.25, -0.2) is 4.98 Å². The lowest BCUT2D eigenvalue weighted by molar-refractivity contribution is 0.872. The van der Waals surface area contributed by atoms with Crippen LogP contribution in [0.4, 0.5) is 5.82 Å². The molecular formula is C10H10IN3OS. The maximum absolute atomic E-state index is 11.4. The van der Waals surface area contributed by atoms with Gasteiger partial charge in [-0.15, -0.1) is 0 Å². The fourth-order valence-electron chi connectivity index (χ4n) is 1.29. The first-order valence-electron chi connectivity index (χ1n) is 4.70. The summed E-state index contributed by atoms with van der Waals surface area (Å²) in [5.41, 5.74) is 1.08. The fourth-order valence-corrected chi connectivity index (χ4v) is 2.50.